The lowest BCUT2D eigenvalue weighted by atomic mass is 10.0. The van der Waals surface area contributed by atoms with Crippen molar-refractivity contribution in [3.63, 3.8) is 0 Å². The number of amidine groups is 1. The average molecular weight is 499 g/mol. The summed E-state index contributed by atoms with van der Waals surface area (Å²) in [6, 6.07) is 31.4. The van der Waals surface area contributed by atoms with Crippen LogP contribution in [0.5, 0.6) is 0 Å². The van der Waals surface area contributed by atoms with Gasteiger partial charge in [0.25, 0.3) is 0 Å². The Bertz CT molecular complexity index is 1680. The van der Waals surface area contributed by atoms with E-state index in [2.05, 4.69) is 79.0 Å². The smallest absolute Gasteiger partial charge is 0.155 e. The minimum atomic E-state index is 0.109. The van der Waals surface area contributed by atoms with Gasteiger partial charge in [-0.15, -0.1) is 11.3 Å². The molecule has 1 N–H and O–H groups in total. The Morgan fingerprint density at radius 2 is 1.68 bits per heavy atom. The van der Waals surface area contributed by atoms with Gasteiger partial charge in [-0.25, -0.2) is 9.98 Å². The first kappa shape index (κ1) is 23.1. The number of allylic oxidation sites excluding steroid dienone is 2. The third-order valence-electron chi connectivity index (χ3n) is 6.42. The predicted molar refractivity (Wildman–Crippen MR) is 157 cm³/mol. The SMILES string of the molecule is C/C(=N\C(=N/Cc1ccccc1)c1ccccc1)c1ccc2ccc3nc(C4C=CC=CN4)sc3c2c1. The second-order valence-electron chi connectivity index (χ2n) is 8.98. The molecule has 0 spiro atoms. The molecule has 0 saturated heterocycles. The average Bonchev–Trinajstić information content (AvgIpc) is 3.41. The summed E-state index contributed by atoms with van der Waals surface area (Å²) in [6.45, 7) is 2.64. The zero-order valence-electron chi connectivity index (χ0n) is 20.5. The number of nitrogens with zero attached hydrogens (tertiary/aromatic N) is 3. The first-order chi connectivity index (χ1) is 18.2. The summed E-state index contributed by atoms with van der Waals surface area (Å²) in [6.07, 6.45) is 8.17. The molecule has 1 unspecified atom stereocenters. The number of aromatic nitrogens is 1. The van der Waals surface area contributed by atoms with E-state index in [1.54, 1.807) is 11.3 Å². The van der Waals surface area contributed by atoms with Crippen molar-refractivity contribution in [3.05, 3.63) is 137 Å². The number of dihydropyridines is 1. The van der Waals surface area contributed by atoms with Crippen LogP contribution in [0.25, 0.3) is 21.0 Å². The van der Waals surface area contributed by atoms with E-state index < -0.39 is 0 Å². The highest BCUT2D eigenvalue weighted by atomic mass is 32.1. The Labute approximate surface area is 220 Å². The molecular formula is C32H26N4S. The number of aliphatic imine (C=N–C) groups is 2. The molecule has 0 aliphatic carbocycles. The molecule has 6 rings (SSSR count). The van der Waals surface area contributed by atoms with Crippen LogP contribution < -0.4 is 5.32 Å². The monoisotopic (exact) mass is 498 g/mol. The van der Waals surface area contributed by atoms with Crippen molar-refractivity contribution in [2.24, 2.45) is 9.98 Å². The summed E-state index contributed by atoms with van der Waals surface area (Å²) < 4.78 is 1.20. The number of hydrogen-bond donors (Lipinski definition) is 1. The van der Waals surface area contributed by atoms with Crippen molar-refractivity contribution in [1.29, 1.82) is 0 Å². The maximum Gasteiger partial charge on any atom is 0.155 e. The predicted octanol–water partition coefficient (Wildman–Crippen LogP) is 7.62. The van der Waals surface area contributed by atoms with Crippen LogP contribution in [0.3, 0.4) is 0 Å². The maximum atomic E-state index is 5.03. The largest absolute Gasteiger partial charge is 0.379 e. The zero-order valence-corrected chi connectivity index (χ0v) is 21.3. The van der Waals surface area contributed by atoms with Gasteiger partial charge in [-0.2, -0.15) is 0 Å². The van der Waals surface area contributed by atoms with E-state index in [0.29, 0.717) is 6.54 Å². The Morgan fingerprint density at radius 1 is 0.892 bits per heavy atom. The first-order valence-electron chi connectivity index (χ1n) is 12.4. The molecule has 0 radical (unpaired) electrons. The number of hydrogen-bond acceptors (Lipinski definition) is 4. The van der Waals surface area contributed by atoms with Crippen molar-refractivity contribution in [2.75, 3.05) is 0 Å². The third-order valence-corrected chi connectivity index (χ3v) is 7.61. The van der Waals surface area contributed by atoms with Crippen LogP contribution in [-0.2, 0) is 6.54 Å². The van der Waals surface area contributed by atoms with Crippen LogP contribution in [0.15, 0.2) is 125 Å². The lowest BCUT2D eigenvalue weighted by molar-refractivity contribution is 0.741. The topological polar surface area (TPSA) is 49.6 Å². The fourth-order valence-corrected chi connectivity index (χ4v) is 5.56. The summed E-state index contributed by atoms with van der Waals surface area (Å²) in [7, 11) is 0. The summed E-state index contributed by atoms with van der Waals surface area (Å²) >= 11 is 1.75. The molecule has 2 heterocycles. The zero-order chi connectivity index (χ0) is 25.0. The van der Waals surface area contributed by atoms with Gasteiger partial charge in [0.15, 0.2) is 5.84 Å². The molecule has 1 atom stereocenters. The number of thiazole rings is 1. The fraction of sp³-hybridized carbons (Fsp3) is 0.0938. The number of rotatable bonds is 5. The van der Waals surface area contributed by atoms with E-state index in [1.165, 1.54) is 15.5 Å². The third kappa shape index (κ3) is 4.99. The van der Waals surface area contributed by atoms with Crippen LogP contribution in [0, 0.1) is 0 Å². The highest BCUT2D eigenvalue weighted by Gasteiger charge is 2.15. The maximum absolute atomic E-state index is 5.03. The minimum Gasteiger partial charge on any atom is -0.379 e. The van der Waals surface area contributed by atoms with Gasteiger partial charge in [0.05, 0.1) is 22.8 Å². The van der Waals surface area contributed by atoms with Crippen LogP contribution >= 0.6 is 11.3 Å². The van der Waals surface area contributed by atoms with E-state index in [9.17, 15) is 0 Å². The Morgan fingerprint density at radius 3 is 2.46 bits per heavy atom. The lowest BCUT2D eigenvalue weighted by Crippen LogP contribution is -2.14. The van der Waals surface area contributed by atoms with Crippen molar-refractivity contribution < 1.29 is 0 Å². The summed E-state index contributed by atoms with van der Waals surface area (Å²) in [5.41, 5.74) is 5.21. The van der Waals surface area contributed by atoms with Crippen LogP contribution in [0.2, 0.25) is 0 Å². The quantitative estimate of drug-likeness (QED) is 0.200. The molecule has 0 fully saturated rings. The van der Waals surface area contributed by atoms with E-state index in [0.717, 1.165) is 38.8 Å². The molecule has 180 valence electrons. The van der Waals surface area contributed by atoms with Gasteiger partial charge < -0.3 is 5.32 Å². The van der Waals surface area contributed by atoms with Gasteiger partial charge in [0, 0.05) is 16.7 Å². The molecule has 1 aromatic heterocycles. The molecular weight excluding hydrogens is 472 g/mol. The second kappa shape index (κ2) is 10.3. The van der Waals surface area contributed by atoms with E-state index in [-0.39, 0.29) is 6.04 Å². The molecule has 5 heteroatoms. The van der Waals surface area contributed by atoms with Crippen molar-refractivity contribution in [3.8, 4) is 0 Å². The van der Waals surface area contributed by atoms with Crippen LogP contribution in [0.4, 0.5) is 0 Å². The number of benzene rings is 4. The normalized spacial score (nSPS) is 15.9. The van der Waals surface area contributed by atoms with Crippen LogP contribution in [0.1, 0.15) is 34.7 Å². The number of nitrogens with one attached hydrogen (secondary N) is 1. The fourth-order valence-electron chi connectivity index (χ4n) is 4.43. The molecule has 37 heavy (non-hydrogen) atoms. The summed E-state index contributed by atoms with van der Waals surface area (Å²) in [5.74, 6) is 0.739. The highest BCUT2D eigenvalue weighted by molar-refractivity contribution is 7.19. The molecule has 0 amide bonds. The molecule has 1 aliphatic heterocycles. The van der Waals surface area contributed by atoms with Gasteiger partial charge in [0.1, 0.15) is 5.01 Å². The Kier molecular flexibility index (Phi) is 6.44. The molecule has 0 saturated carbocycles. The van der Waals surface area contributed by atoms with Gasteiger partial charge in [-0.1, -0.05) is 91.0 Å². The molecule has 1 aliphatic rings. The van der Waals surface area contributed by atoms with Crippen LogP contribution in [-0.4, -0.2) is 16.5 Å². The summed E-state index contributed by atoms with van der Waals surface area (Å²) in [5, 5.41) is 6.85. The van der Waals surface area contributed by atoms with Crippen molar-refractivity contribution in [1.82, 2.24) is 10.3 Å². The van der Waals surface area contributed by atoms with Crippen molar-refractivity contribution in [2.45, 2.75) is 19.5 Å². The van der Waals surface area contributed by atoms with E-state index >= 15 is 0 Å². The second-order valence-corrected chi connectivity index (χ2v) is 10.0. The molecule has 4 nitrogen and oxygen atoms in total. The first-order valence-corrected chi connectivity index (χ1v) is 13.2. The van der Waals surface area contributed by atoms with E-state index in [4.69, 9.17) is 15.0 Å². The van der Waals surface area contributed by atoms with Gasteiger partial charge in [-0.05, 0) is 47.8 Å². The Hall–Kier alpha value is -4.35. The lowest BCUT2D eigenvalue weighted by Gasteiger charge is -2.11. The van der Waals surface area contributed by atoms with E-state index in [1.807, 2.05) is 48.7 Å². The van der Waals surface area contributed by atoms with Gasteiger partial charge in [-0.3, -0.25) is 4.99 Å². The highest BCUT2D eigenvalue weighted by Crippen LogP contribution is 2.34. The Balaban J connectivity index is 1.39. The van der Waals surface area contributed by atoms with Gasteiger partial charge >= 0.3 is 0 Å². The van der Waals surface area contributed by atoms with Crippen molar-refractivity contribution >= 4 is 43.9 Å². The molecule has 4 aromatic carbocycles. The number of fused-ring (bicyclic) bond motifs is 3. The minimum absolute atomic E-state index is 0.109. The standard InChI is InChI=1S/C32H26N4S/c1-22(35-31(25-12-6-3-7-13-25)34-21-23-10-4-2-5-11-23)26-16-15-24-17-18-28-30(27(24)20-26)37-32(36-28)29-14-8-9-19-33-29/h2-20,29,33H,21H2,1H3/b34-31-,35-22+. The molecule has 5 aromatic rings. The van der Waals surface area contributed by atoms with Gasteiger partial charge in [0.2, 0.25) is 0 Å². The molecule has 0 bridgehead atoms. The summed E-state index contributed by atoms with van der Waals surface area (Å²) in [4.78, 5) is 14.8.